The van der Waals surface area contributed by atoms with Crippen LogP contribution >= 0.6 is 0 Å². The van der Waals surface area contributed by atoms with Gasteiger partial charge in [0, 0.05) is 9.85 Å². The lowest BCUT2D eigenvalue weighted by molar-refractivity contribution is -0.605. The van der Waals surface area contributed by atoms with Crippen LogP contribution in [0.3, 0.4) is 0 Å². The summed E-state index contributed by atoms with van der Waals surface area (Å²) in [6.07, 6.45) is 1.75. The van der Waals surface area contributed by atoms with Gasteiger partial charge in [-0.3, -0.25) is 25.5 Å². The highest BCUT2D eigenvalue weighted by Crippen LogP contribution is 2.46. The zero-order valence-corrected chi connectivity index (χ0v) is 17.9. The minimum atomic E-state index is -1.17. The number of rotatable bonds is 6. The Morgan fingerprint density at radius 1 is 0.767 bits per heavy atom. The van der Waals surface area contributed by atoms with Gasteiger partial charge in [0.25, 0.3) is 0 Å². The number of nitrogens with one attached hydrogen (secondary N) is 1. The Labute approximate surface area is 176 Å². The van der Waals surface area contributed by atoms with Gasteiger partial charge >= 0.3 is 0 Å². The molecule has 1 saturated heterocycles. The number of nitrogens with zero attached hydrogens (tertiary/aromatic N) is 2. The van der Waals surface area contributed by atoms with E-state index in [0.717, 1.165) is 35.1 Å². The molecule has 2 aromatic carbocycles. The molecule has 0 spiro atoms. The quantitative estimate of drug-likeness (QED) is 0.557. The number of benzene rings is 2. The van der Waals surface area contributed by atoms with Crippen LogP contribution in [0, 0.1) is 25.6 Å². The van der Waals surface area contributed by atoms with Crippen molar-refractivity contribution in [3.8, 4) is 0 Å². The summed E-state index contributed by atoms with van der Waals surface area (Å²) in [7, 11) is 0. The molecule has 7 heteroatoms. The summed E-state index contributed by atoms with van der Waals surface area (Å²) in [6.45, 7) is 7.40. The van der Waals surface area contributed by atoms with Crippen molar-refractivity contribution in [3.63, 3.8) is 0 Å². The van der Waals surface area contributed by atoms with Crippen LogP contribution in [0.5, 0.6) is 0 Å². The first-order valence-corrected chi connectivity index (χ1v) is 10.4. The fourth-order valence-corrected chi connectivity index (χ4v) is 4.67. The van der Waals surface area contributed by atoms with E-state index < -0.39 is 29.6 Å². The zero-order chi connectivity index (χ0) is 22.1. The van der Waals surface area contributed by atoms with Crippen molar-refractivity contribution in [2.24, 2.45) is 5.41 Å². The molecule has 1 fully saturated rings. The van der Waals surface area contributed by atoms with Crippen LogP contribution in [0.25, 0.3) is 0 Å². The van der Waals surface area contributed by atoms with E-state index in [1.807, 2.05) is 48.5 Å². The largest absolute Gasteiger partial charge is 0.291 e. The minimum absolute atomic E-state index is 0.363. The smallest absolute Gasteiger partial charge is 0.243 e. The maximum Gasteiger partial charge on any atom is 0.243 e. The number of nitro groups is 2. The van der Waals surface area contributed by atoms with E-state index in [2.05, 4.69) is 19.2 Å². The first-order valence-electron chi connectivity index (χ1n) is 10.4. The molecule has 0 aromatic heterocycles. The summed E-state index contributed by atoms with van der Waals surface area (Å²) < 4.78 is 0. The van der Waals surface area contributed by atoms with Crippen molar-refractivity contribution >= 4 is 0 Å². The third-order valence-electron chi connectivity index (χ3n) is 6.46. The molecule has 2 aromatic rings. The van der Waals surface area contributed by atoms with E-state index in [9.17, 15) is 20.2 Å². The SMILES string of the molecule is CCc1ccc([C@H]2N[C@H](c3ccc(CC)cc3)[C@@H]([N+](=O)[O-])C(C)(C)[C@H]2[N+](=O)[O-])cc1. The summed E-state index contributed by atoms with van der Waals surface area (Å²) >= 11 is 0. The van der Waals surface area contributed by atoms with Gasteiger partial charge in [0.1, 0.15) is 17.5 Å². The first kappa shape index (κ1) is 21.9. The van der Waals surface area contributed by atoms with Crippen LogP contribution in [0.1, 0.15) is 62.0 Å². The molecule has 1 heterocycles. The maximum atomic E-state index is 12.1. The van der Waals surface area contributed by atoms with Gasteiger partial charge in [0.05, 0.1) is 0 Å². The van der Waals surface area contributed by atoms with Crippen LogP contribution < -0.4 is 5.32 Å². The van der Waals surface area contributed by atoms with Gasteiger partial charge < -0.3 is 0 Å². The van der Waals surface area contributed by atoms with Crippen molar-refractivity contribution in [1.29, 1.82) is 0 Å². The van der Waals surface area contributed by atoms with Crippen LogP contribution in [0.2, 0.25) is 0 Å². The highest BCUT2D eigenvalue weighted by Gasteiger charge is 2.62. The predicted molar refractivity (Wildman–Crippen MR) is 116 cm³/mol. The molecule has 0 amide bonds. The molecule has 0 aliphatic carbocycles. The molecule has 7 nitrogen and oxygen atoms in total. The van der Waals surface area contributed by atoms with Gasteiger partial charge in [0.15, 0.2) is 0 Å². The highest BCUT2D eigenvalue weighted by atomic mass is 16.6. The normalized spacial score (nSPS) is 25.6. The van der Waals surface area contributed by atoms with Crippen molar-refractivity contribution in [3.05, 3.63) is 91.0 Å². The minimum Gasteiger partial charge on any atom is -0.291 e. The predicted octanol–water partition coefficient (Wildman–Crippen LogP) is 4.51. The van der Waals surface area contributed by atoms with Crippen molar-refractivity contribution < 1.29 is 9.85 Å². The van der Waals surface area contributed by atoms with E-state index in [4.69, 9.17) is 0 Å². The van der Waals surface area contributed by atoms with Gasteiger partial charge in [-0.2, -0.15) is 0 Å². The Morgan fingerprint density at radius 3 is 1.37 bits per heavy atom. The molecule has 3 rings (SSSR count). The molecule has 4 atom stereocenters. The molecule has 0 bridgehead atoms. The molecule has 0 saturated carbocycles. The standard InChI is InChI=1S/C23H29N3O4/c1-5-15-7-11-17(12-8-15)19-21(25(27)28)23(3,4)22(26(29)30)20(24-19)18-13-9-16(6-2)10-14-18/h7-14,19-22,24H,5-6H2,1-4H3/t19-,20-,21-,22+/m1/s1. The fourth-order valence-electron chi connectivity index (χ4n) is 4.67. The second-order valence-electron chi connectivity index (χ2n) is 8.59. The van der Waals surface area contributed by atoms with E-state index in [-0.39, 0.29) is 9.85 Å². The number of hydrogen-bond donors (Lipinski definition) is 1. The number of aryl methyl sites for hydroxylation is 2. The topological polar surface area (TPSA) is 98.3 Å². The highest BCUT2D eigenvalue weighted by molar-refractivity contribution is 5.31. The summed E-state index contributed by atoms with van der Waals surface area (Å²) in [6, 6.07) is 11.9. The number of piperidine rings is 1. The van der Waals surface area contributed by atoms with Crippen molar-refractivity contribution in [2.75, 3.05) is 0 Å². The second kappa shape index (κ2) is 8.52. The monoisotopic (exact) mass is 411 g/mol. The van der Waals surface area contributed by atoms with Crippen LogP contribution in [0.15, 0.2) is 48.5 Å². The Morgan fingerprint density at radius 2 is 1.10 bits per heavy atom. The van der Waals surface area contributed by atoms with Gasteiger partial charge in [-0.25, -0.2) is 0 Å². The molecule has 30 heavy (non-hydrogen) atoms. The van der Waals surface area contributed by atoms with Gasteiger partial charge in [-0.15, -0.1) is 0 Å². The Kier molecular flexibility index (Phi) is 6.22. The maximum absolute atomic E-state index is 12.1. The first-order chi connectivity index (χ1) is 14.2. The van der Waals surface area contributed by atoms with E-state index in [1.54, 1.807) is 13.8 Å². The Balaban J connectivity index is 2.11. The summed E-state index contributed by atoms with van der Waals surface area (Å²) in [5.41, 5.74) is 2.67. The molecule has 1 aliphatic rings. The average Bonchev–Trinajstić information content (AvgIpc) is 2.71. The van der Waals surface area contributed by atoms with Crippen LogP contribution in [0.4, 0.5) is 0 Å². The molecule has 0 unspecified atom stereocenters. The number of hydrogen-bond acceptors (Lipinski definition) is 5. The third kappa shape index (κ3) is 3.94. The summed E-state index contributed by atoms with van der Waals surface area (Å²) in [5, 5.41) is 27.5. The van der Waals surface area contributed by atoms with E-state index in [0.29, 0.717) is 0 Å². The van der Waals surface area contributed by atoms with Gasteiger partial charge in [-0.1, -0.05) is 62.4 Å². The second-order valence-corrected chi connectivity index (χ2v) is 8.59. The fraction of sp³-hybridized carbons (Fsp3) is 0.478. The lowest BCUT2D eigenvalue weighted by Gasteiger charge is -2.44. The van der Waals surface area contributed by atoms with Gasteiger partial charge in [-0.05, 0) is 48.9 Å². The third-order valence-corrected chi connectivity index (χ3v) is 6.46. The Hall–Kier alpha value is -2.80. The van der Waals surface area contributed by atoms with E-state index in [1.165, 1.54) is 0 Å². The molecular weight excluding hydrogens is 382 g/mol. The molecule has 1 N–H and O–H groups in total. The van der Waals surface area contributed by atoms with Gasteiger partial charge in [0.2, 0.25) is 12.1 Å². The average molecular weight is 412 g/mol. The van der Waals surface area contributed by atoms with Crippen LogP contribution in [-0.2, 0) is 12.8 Å². The van der Waals surface area contributed by atoms with Crippen molar-refractivity contribution in [2.45, 2.75) is 64.7 Å². The Bertz CT molecular complexity index is 836. The lowest BCUT2D eigenvalue weighted by Crippen LogP contribution is -2.63. The lowest BCUT2D eigenvalue weighted by atomic mass is 9.66. The van der Waals surface area contributed by atoms with Crippen LogP contribution in [-0.4, -0.2) is 21.9 Å². The van der Waals surface area contributed by atoms with E-state index >= 15 is 0 Å². The zero-order valence-electron chi connectivity index (χ0n) is 17.9. The summed E-state index contributed by atoms with van der Waals surface area (Å²) in [5.74, 6) is 0. The van der Waals surface area contributed by atoms with Crippen molar-refractivity contribution in [1.82, 2.24) is 5.32 Å². The molecule has 160 valence electrons. The molecule has 1 aliphatic heterocycles. The summed E-state index contributed by atoms with van der Waals surface area (Å²) in [4.78, 5) is 23.5. The molecular formula is C23H29N3O4. The molecule has 0 radical (unpaired) electrons.